The van der Waals surface area contributed by atoms with Crippen LogP contribution in [0.1, 0.15) is 32.6 Å². The van der Waals surface area contributed by atoms with Gasteiger partial charge in [0.05, 0.1) is 0 Å². The van der Waals surface area contributed by atoms with Crippen molar-refractivity contribution in [3.8, 4) is 0 Å². The molecule has 0 bridgehead atoms. The minimum absolute atomic E-state index is 0.789. The van der Waals surface area contributed by atoms with Crippen LogP contribution in [-0.2, 0) is 0 Å². The minimum atomic E-state index is 0.789. The van der Waals surface area contributed by atoms with Crippen molar-refractivity contribution in [1.29, 1.82) is 0 Å². The molecule has 0 heterocycles. The highest BCUT2D eigenvalue weighted by Gasteiger charge is 2.12. The van der Waals surface area contributed by atoms with Crippen LogP contribution >= 0.6 is 0 Å². The van der Waals surface area contributed by atoms with E-state index in [4.69, 9.17) is 0 Å². The van der Waals surface area contributed by atoms with Gasteiger partial charge in [0.15, 0.2) is 0 Å². The summed E-state index contributed by atoms with van der Waals surface area (Å²) < 4.78 is 0. The van der Waals surface area contributed by atoms with E-state index in [1.807, 2.05) is 0 Å². The van der Waals surface area contributed by atoms with E-state index >= 15 is 0 Å². The molecule has 0 spiro atoms. The Kier molecular flexibility index (Phi) is 2.94. The number of hydrogen-bond donors (Lipinski definition) is 1. The van der Waals surface area contributed by atoms with Gasteiger partial charge in [-0.15, -0.1) is 0 Å². The first-order valence-corrected chi connectivity index (χ1v) is 4.17. The summed E-state index contributed by atoms with van der Waals surface area (Å²) in [5.74, 6) is 0. The van der Waals surface area contributed by atoms with Crippen LogP contribution in [0, 0.1) is 0 Å². The summed E-state index contributed by atoms with van der Waals surface area (Å²) in [6, 6.07) is 0.789. The van der Waals surface area contributed by atoms with Crippen molar-refractivity contribution < 1.29 is 0 Å². The standard InChI is InChI=1S/C9H17N/c1-8(2)7-10-9-5-3-4-6-9/h9-10H,1,3-7H2,2H3. The third-order valence-corrected chi connectivity index (χ3v) is 2.05. The average molecular weight is 139 g/mol. The van der Waals surface area contributed by atoms with Crippen LogP contribution in [0.5, 0.6) is 0 Å². The molecule has 1 fully saturated rings. The average Bonchev–Trinajstić information content (AvgIpc) is 2.34. The second-order valence-electron chi connectivity index (χ2n) is 3.32. The first-order valence-electron chi connectivity index (χ1n) is 4.17. The number of nitrogens with one attached hydrogen (secondary N) is 1. The van der Waals surface area contributed by atoms with Crippen LogP contribution < -0.4 is 5.32 Å². The van der Waals surface area contributed by atoms with Gasteiger partial charge in [-0.25, -0.2) is 0 Å². The Morgan fingerprint density at radius 3 is 2.60 bits per heavy atom. The van der Waals surface area contributed by atoms with Crippen LogP contribution in [0.2, 0.25) is 0 Å². The predicted molar refractivity (Wildman–Crippen MR) is 45.1 cm³/mol. The summed E-state index contributed by atoms with van der Waals surface area (Å²) >= 11 is 0. The molecule has 0 atom stereocenters. The van der Waals surface area contributed by atoms with Crippen LogP contribution in [-0.4, -0.2) is 12.6 Å². The van der Waals surface area contributed by atoms with E-state index in [1.165, 1.54) is 31.3 Å². The molecule has 0 amide bonds. The molecular weight excluding hydrogens is 122 g/mol. The van der Waals surface area contributed by atoms with Gasteiger partial charge in [-0.3, -0.25) is 0 Å². The molecule has 1 rings (SSSR count). The lowest BCUT2D eigenvalue weighted by atomic mass is 10.2. The van der Waals surface area contributed by atoms with E-state index in [0.717, 1.165) is 12.6 Å². The van der Waals surface area contributed by atoms with Crippen molar-refractivity contribution in [1.82, 2.24) is 5.32 Å². The lowest BCUT2D eigenvalue weighted by Crippen LogP contribution is -2.27. The zero-order valence-corrected chi connectivity index (χ0v) is 6.82. The van der Waals surface area contributed by atoms with Gasteiger partial charge in [0.25, 0.3) is 0 Å². The van der Waals surface area contributed by atoms with Crippen LogP contribution in [0.4, 0.5) is 0 Å². The third-order valence-electron chi connectivity index (χ3n) is 2.05. The Balaban J connectivity index is 2.07. The SMILES string of the molecule is C=C(C)CNC1CCCC1. The largest absolute Gasteiger partial charge is 0.310 e. The zero-order chi connectivity index (χ0) is 7.40. The second-order valence-corrected chi connectivity index (χ2v) is 3.32. The smallest absolute Gasteiger partial charge is 0.0161 e. The fourth-order valence-corrected chi connectivity index (χ4v) is 1.45. The number of rotatable bonds is 3. The maximum atomic E-state index is 3.85. The highest BCUT2D eigenvalue weighted by molar-refractivity contribution is 4.92. The van der Waals surface area contributed by atoms with E-state index in [1.54, 1.807) is 0 Å². The van der Waals surface area contributed by atoms with Crippen LogP contribution in [0.3, 0.4) is 0 Å². The Bertz CT molecular complexity index is 112. The second kappa shape index (κ2) is 3.77. The van der Waals surface area contributed by atoms with Gasteiger partial charge in [-0.2, -0.15) is 0 Å². The van der Waals surface area contributed by atoms with Gasteiger partial charge < -0.3 is 5.32 Å². The van der Waals surface area contributed by atoms with Crippen molar-refractivity contribution in [3.05, 3.63) is 12.2 Å². The lowest BCUT2D eigenvalue weighted by molar-refractivity contribution is 0.550. The number of hydrogen-bond acceptors (Lipinski definition) is 1. The Labute approximate surface area is 63.5 Å². The van der Waals surface area contributed by atoms with Gasteiger partial charge in [-0.05, 0) is 19.8 Å². The summed E-state index contributed by atoms with van der Waals surface area (Å²) in [6.45, 7) is 6.93. The molecular formula is C9H17N. The topological polar surface area (TPSA) is 12.0 Å². The predicted octanol–water partition coefficient (Wildman–Crippen LogP) is 2.09. The van der Waals surface area contributed by atoms with Gasteiger partial charge in [0.2, 0.25) is 0 Å². The van der Waals surface area contributed by atoms with E-state index in [9.17, 15) is 0 Å². The molecule has 1 aliphatic rings. The van der Waals surface area contributed by atoms with Crippen LogP contribution in [0.15, 0.2) is 12.2 Å². The van der Waals surface area contributed by atoms with Crippen molar-refractivity contribution in [2.45, 2.75) is 38.6 Å². The summed E-state index contributed by atoms with van der Waals surface area (Å²) in [4.78, 5) is 0. The fraction of sp³-hybridized carbons (Fsp3) is 0.778. The molecule has 0 aliphatic heterocycles. The Morgan fingerprint density at radius 1 is 1.50 bits per heavy atom. The molecule has 1 aliphatic carbocycles. The maximum Gasteiger partial charge on any atom is 0.0161 e. The van der Waals surface area contributed by atoms with Crippen molar-refractivity contribution in [2.75, 3.05) is 6.54 Å². The molecule has 58 valence electrons. The zero-order valence-electron chi connectivity index (χ0n) is 6.82. The van der Waals surface area contributed by atoms with Crippen LogP contribution in [0.25, 0.3) is 0 Å². The van der Waals surface area contributed by atoms with E-state index < -0.39 is 0 Å². The summed E-state index contributed by atoms with van der Waals surface area (Å²) in [5.41, 5.74) is 1.24. The van der Waals surface area contributed by atoms with Crippen molar-refractivity contribution in [2.24, 2.45) is 0 Å². The fourth-order valence-electron chi connectivity index (χ4n) is 1.45. The normalized spacial score (nSPS) is 19.7. The van der Waals surface area contributed by atoms with E-state index in [-0.39, 0.29) is 0 Å². The van der Waals surface area contributed by atoms with Gasteiger partial charge in [0, 0.05) is 12.6 Å². The molecule has 1 N–H and O–H groups in total. The van der Waals surface area contributed by atoms with E-state index in [2.05, 4.69) is 18.8 Å². The lowest BCUT2D eigenvalue weighted by Gasteiger charge is -2.10. The molecule has 0 saturated heterocycles. The summed E-state index contributed by atoms with van der Waals surface area (Å²) in [7, 11) is 0. The van der Waals surface area contributed by atoms with Gasteiger partial charge in [-0.1, -0.05) is 25.0 Å². The van der Waals surface area contributed by atoms with Crippen molar-refractivity contribution in [3.63, 3.8) is 0 Å². The molecule has 1 heteroatoms. The Hall–Kier alpha value is -0.300. The maximum absolute atomic E-state index is 3.85. The van der Waals surface area contributed by atoms with Gasteiger partial charge >= 0.3 is 0 Å². The molecule has 1 nitrogen and oxygen atoms in total. The third kappa shape index (κ3) is 2.53. The summed E-state index contributed by atoms with van der Waals surface area (Å²) in [6.07, 6.45) is 5.56. The minimum Gasteiger partial charge on any atom is -0.310 e. The molecule has 0 aromatic carbocycles. The first kappa shape index (κ1) is 7.80. The first-order chi connectivity index (χ1) is 4.79. The highest BCUT2D eigenvalue weighted by atomic mass is 14.9. The quantitative estimate of drug-likeness (QED) is 0.590. The van der Waals surface area contributed by atoms with Gasteiger partial charge in [0.1, 0.15) is 0 Å². The molecule has 0 aromatic rings. The molecule has 0 unspecified atom stereocenters. The van der Waals surface area contributed by atoms with E-state index in [0.29, 0.717) is 0 Å². The Morgan fingerprint density at radius 2 is 2.10 bits per heavy atom. The van der Waals surface area contributed by atoms with Crippen molar-refractivity contribution >= 4 is 0 Å². The summed E-state index contributed by atoms with van der Waals surface area (Å²) in [5, 5.41) is 3.48. The highest BCUT2D eigenvalue weighted by Crippen LogP contribution is 2.17. The molecule has 0 aromatic heterocycles. The molecule has 10 heavy (non-hydrogen) atoms. The monoisotopic (exact) mass is 139 g/mol. The molecule has 0 radical (unpaired) electrons. The molecule has 1 saturated carbocycles.